The summed E-state index contributed by atoms with van der Waals surface area (Å²) < 4.78 is 18.3. The minimum absolute atomic E-state index is 0.0379. The molecule has 1 fully saturated rings. The summed E-state index contributed by atoms with van der Waals surface area (Å²) in [6.07, 6.45) is -2.26. The number of alkyl halides is 1. The van der Waals surface area contributed by atoms with Gasteiger partial charge in [0.25, 0.3) is 0 Å². The van der Waals surface area contributed by atoms with E-state index in [1.807, 2.05) is 0 Å². The second-order valence-corrected chi connectivity index (χ2v) is 4.76. The lowest BCUT2D eigenvalue weighted by Crippen LogP contribution is -2.46. The van der Waals surface area contributed by atoms with Gasteiger partial charge in [0, 0.05) is 6.54 Å². The molecule has 1 aliphatic heterocycles. The highest BCUT2D eigenvalue weighted by Crippen LogP contribution is 2.23. The van der Waals surface area contributed by atoms with Crippen LogP contribution in [0, 0.1) is 0 Å². The molecule has 1 aliphatic rings. The summed E-state index contributed by atoms with van der Waals surface area (Å²) in [5.41, 5.74) is -0.714. The van der Waals surface area contributed by atoms with Crippen molar-refractivity contribution in [3.8, 4) is 0 Å². The van der Waals surface area contributed by atoms with Gasteiger partial charge in [-0.15, -0.1) is 0 Å². The molecule has 2 atom stereocenters. The van der Waals surface area contributed by atoms with Gasteiger partial charge in [-0.2, -0.15) is 0 Å². The Morgan fingerprint density at radius 2 is 2.00 bits per heavy atom. The van der Waals surface area contributed by atoms with Gasteiger partial charge in [0.05, 0.1) is 0 Å². The van der Waals surface area contributed by atoms with E-state index in [0.717, 1.165) is 4.90 Å². The number of carbonyl (C=O) groups is 2. The summed E-state index contributed by atoms with van der Waals surface area (Å²) >= 11 is 0. The number of carbonyl (C=O) groups excluding carboxylic acids is 1. The van der Waals surface area contributed by atoms with E-state index in [4.69, 9.17) is 9.84 Å². The highest BCUT2D eigenvalue weighted by atomic mass is 19.1. The molecule has 1 N–H and O–H groups in total. The van der Waals surface area contributed by atoms with Crippen LogP contribution in [0.25, 0.3) is 0 Å². The lowest BCUT2D eigenvalue weighted by atomic mass is 10.2. The smallest absolute Gasteiger partial charge is 0.411 e. The number of amides is 1. The van der Waals surface area contributed by atoms with Gasteiger partial charge in [-0.1, -0.05) is 0 Å². The monoisotopic (exact) mass is 233 g/mol. The Morgan fingerprint density at radius 1 is 1.44 bits per heavy atom. The first-order chi connectivity index (χ1) is 7.22. The third-order valence-corrected chi connectivity index (χ3v) is 2.21. The molecule has 1 saturated heterocycles. The number of nitrogens with zero attached hydrogens (tertiary/aromatic N) is 1. The minimum Gasteiger partial charge on any atom is -0.480 e. The van der Waals surface area contributed by atoms with E-state index in [2.05, 4.69) is 0 Å². The summed E-state index contributed by atoms with van der Waals surface area (Å²) in [6, 6.07) is -1.42. The van der Waals surface area contributed by atoms with E-state index < -0.39 is 29.9 Å². The molecule has 1 rings (SSSR count). The van der Waals surface area contributed by atoms with Crippen molar-refractivity contribution in [2.75, 3.05) is 6.54 Å². The zero-order valence-electron chi connectivity index (χ0n) is 9.57. The van der Waals surface area contributed by atoms with Crippen molar-refractivity contribution in [1.29, 1.82) is 0 Å². The van der Waals surface area contributed by atoms with Crippen molar-refractivity contribution in [3.05, 3.63) is 0 Å². The Hall–Kier alpha value is -1.33. The molecule has 0 spiro atoms. The van der Waals surface area contributed by atoms with E-state index in [1.54, 1.807) is 20.8 Å². The number of likely N-dealkylation sites (tertiary alicyclic amines) is 1. The van der Waals surface area contributed by atoms with Crippen LogP contribution in [0.4, 0.5) is 9.18 Å². The average molecular weight is 233 g/mol. The van der Waals surface area contributed by atoms with E-state index in [0.29, 0.717) is 0 Å². The number of carboxylic acid groups (broad SMARTS) is 1. The summed E-state index contributed by atoms with van der Waals surface area (Å²) in [5, 5.41) is 8.81. The zero-order chi connectivity index (χ0) is 12.5. The number of carboxylic acids is 1. The topological polar surface area (TPSA) is 66.8 Å². The highest BCUT2D eigenvalue weighted by Gasteiger charge is 2.43. The molecule has 92 valence electrons. The third-order valence-electron chi connectivity index (χ3n) is 2.21. The van der Waals surface area contributed by atoms with Gasteiger partial charge in [0.15, 0.2) is 6.04 Å². The van der Waals surface area contributed by atoms with Crippen LogP contribution in [-0.2, 0) is 9.53 Å². The standard InChI is InChI=1S/C10H16FNO4/c1-10(2,3)16-9(15)12-5-4-6(11)7(12)8(13)14/h6-7H,4-5H2,1-3H3,(H,13,14)/t6-,7+/m0/s1. The molecule has 5 nitrogen and oxygen atoms in total. The van der Waals surface area contributed by atoms with Gasteiger partial charge < -0.3 is 9.84 Å². The molecule has 0 unspecified atom stereocenters. The molecule has 0 aromatic carbocycles. The number of halogens is 1. The summed E-state index contributed by atoms with van der Waals surface area (Å²) in [7, 11) is 0. The number of aliphatic carboxylic acids is 1. The van der Waals surface area contributed by atoms with Gasteiger partial charge in [0.1, 0.15) is 11.8 Å². The number of rotatable bonds is 1. The first kappa shape index (κ1) is 12.7. The molecule has 0 aromatic rings. The van der Waals surface area contributed by atoms with Crippen LogP contribution in [0.3, 0.4) is 0 Å². The van der Waals surface area contributed by atoms with E-state index in [1.165, 1.54) is 0 Å². The van der Waals surface area contributed by atoms with Crippen LogP contribution in [0.5, 0.6) is 0 Å². The summed E-state index contributed by atoms with van der Waals surface area (Å²) in [5.74, 6) is -1.34. The summed E-state index contributed by atoms with van der Waals surface area (Å²) in [6.45, 7) is 5.09. The first-order valence-electron chi connectivity index (χ1n) is 5.09. The van der Waals surface area contributed by atoms with Crippen molar-refractivity contribution in [1.82, 2.24) is 4.90 Å². The molecule has 0 aromatic heterocycles. The summed E-state index contributed by atoms with van der Waals surface area (Å²) in [4.78, 5) is 23.3. The molecule has 0 saturated carbocycles. The molecule has 0 radical (unpaired) electrons. The molecular formula is C10H16FNO4. The van der Waals surface area contributed by atoms with Crippen molar-refractivity contribution in [3.63, 3.8) is 0 Å². The average Bonchev–Trinajstić information content (AvgIpc) is 2.43. The van der Waals surface area contributed by atoms with Gasteiger partial charge in [-0.3, -0.25) is 4.90 Å². The maximum Gasteiger partial charge on any atom is 0.411 e. The Labute approximate surface area is 93.2 Å². The first-order valence-corrected chi connectivity index (χ1v) is 5.09. The lowest BCUT2D eigenvalue weighted by molar-refractivity contribution is -0.143. The van der Waals surface area contributed by atoms with Gasteiger partial charge >= 0.3 is 12.1 Å². The van der Waals surface area contributed by atoms with Gasteiger partial charge in [-0.25, -0.2) is 14.0 Å². The van der Waals surface area contributed by atoms with E-state index >= 15 is 0 Å². The second-order valence-electron chi connectivity index (χ2n) is 4.76. The normalized spacial score (nSPS) is 25.6. The van der Waals surface area contributed by atoms with E-state index in [-0.39, 0.29) is 13.0 Å². The zero-order valence-corrected chi connectivity index (χ0v) is 9.57. The van der Waals surface area contributed by atoms with Crippen LogP contribution in [0.2, 0.25) is 0 Å². The van der Waals surface area contributed by atoms with Gasteiger partial charge in [0.2, 0.25) is 0 Å². The Kier molecular flexibility index (Phi) is 3.40. The SMILES string of the molecule is CC(C)(C)OC(=O)N1CC[C@H](F)[C@@H]1C(=O)O. The van der Waals surface area contributed by atoms with Crippen LogP contribution in [0.1, 0.15) is 27.2 Å². The fraction of sp³-hybridized carbons (Fsp3) is 0.800. The van der Waals surface area contributed by atoms with Crippen molar-refractivity contribution in [2.24, 2.45) is 0 Å². The largest absolute Gasteiger partial charge is 0.480 e. The third kappa shape index (κ3) is 2.84. The molecule has 16 heavy (non-hydrogen) atoms. The maximum atomic E-state index is 13.3. The number of hydrogen-bond donors (Lipinski definition) is 1. The van der Waals surface area contributed by atoms with Crippen molar-refractivity contribution >= 4 is 12.1 Å². The molecule has 0 bridgehead atoms. The molecule has 1 heterocycles. The van der Waals surface area contributed by atoms with Crippen LogP contribution >= 0.6 is 0 Å². The van der Waals surface area contributed by atoms with Crippen molar-refractivity contribution < 1.29 is 23.8 Å². The van der Waals surface area contributed by atoms with Crippen LogP contribution in [-0.4, -0.2) is 46.4 Å². The maximum absolute atomic E-state index is 13.3. The molecule has 1 amide bonds. The fourth-order valence-corrected chi connectivity index (χ4v) is 1.57. The molecule has 0 aliphatic carbocycles. The minimum atomic E-state index is -1.52. The lowest BCUT2D eigenvalue weighted by Gasteiger charge is -2.26. The number of hydrogen-bond acceptors (Lipinski definition) is 3. The van der Waals surface area contributed by atoms with Crippen molar-refractivity contribution in [2.45, 2.75) is 45.0 Å². The molecular weight excluding hydrogens is 217 g/mol. The fourth-order valence-electron chi connectivity index (χ4n) is 1.57. The molecule has 6 heteroatoms. The Balaban J connectivity index is 2.73. The quantitative estimate of drug-likeness (QED) is 0.743. The Bertz CT molecular complexity index is 300. The van der Waals surface area contributed by atoms with Crippen LogP contribution < -0.4 is 0 Å². The highest BCUT2D eigenvalue weighted by molar-refractivity contribution is 5.81. The second kappa shape index (κ2) is 4.27. The predicted molar refractivity (Wildman–Crippen MR) is 53.9 cm³/mol. The predicted octanol–water partition coefficient (Wildman–Crippen LogP) is 1.42. The number of ether oxygens (including phenoxy) is 1. The Morgan fingerprint density at radius 3 is 2.44 bits per heavy atom. The van der Waals surface area contributed by atoms with Gasteiger partial charge in [-0.05, 0) is 27.2 Å². The van der Waals surface area contributed by atoms with Crippen LogP contribution in [0.15, 0.2) is 0 Å². The van der Waals surface area contributed by atoms with E-state index in [9.17, 15) is 14.0 Å².